The predicted molar refractivity (Wildman–Crippen MR) is 121 cm³/mol. The van der Waals surface area contributed by atoms with E-state index in [0.717, 1.165) is 38.3 Å². The minimum absolute atomic E-state index is 0.245. The molecule has 1 aromatic carbocycles. The third kappa shape index (κ3) is 6.45. The summed E-state index contributed by atoms with van der Waals surface area (Å²) < 4.78 is 30.2. The Kier molecular flexibility index (Phi) is 7.66. The number of benzene rings is 1. The van der Waals surface area contributed by atoms with E-state index in [0.29, 0.717) is 11.7 Å². The zero-order chi connectivity index (χ0) is 21.0. The van der Waals surface area contributed by atoms with Crippen molar-refractivity contribution in [1.82, 2.24) is 0 Å². The molecule has 1 aromatic rings. The minimum Gasteiger partial charge on any atom is -0.372 e. The fraction of sp³-hybridized carbons (Fsp3) is 0.750. The van der Waals surface area contributed by atoms with Crippen LogP contribution in [0.25, 0.3) is 0 Å². The van der Waals surface area contributed by atoms with Crippen LogP contribution in [0.1, 0.15) is 65.4 Å². The van der Waals surface area contributed by atoms with Crippen molar-refractivity contribution in [3.63, 3.8) is 0 Å². The molecule has 2 aliphatic rings. The van der Waals surface area contributed by atoms with E-state index >= 15 is 0 Å². The Labute approximate surface area is 177 Å². The maximum absolute atomic E-state index is 12.2. The largest absolute Gasteiger partial charge is 0.372 e. The van der Waals surface area contributed by atoms with Crippen molar-refractivity contribution in [2.45, 2.75) is 83.7 Å². The molecule has 0 aromatic heterocycles. The van der Waals surface area contributed by atoms with Crippen LogP contribution in [0.3, 0.4) is 0 Å². The summed E-state index contributed by atoms with van der Waals surface area (Å²) in [6.45, 7) is 9.80. The van der Waals surface area contributed by atoms with Crippen LogP contribution in [0.4, 0.5) is 5.69 Å². The van der Waals surface area contributed by atoms with E-state index in [1.54, 1.807) is 13.8 Å². The SMILES string of the molecule is CC(C)S(=O)(=O)CC1CCC(CCc2cccc(N3C[C@@H](C)O[C@@H](C)C3)c2)CC1. The van der Waals surface area contributed by atoms with Crippen molar-refractivity contribution >= 4 is 15.5 Å². The van der Waals surface area contributed by atoms with Crippen LogP contribution in [0.15, 0.2) is 24.3 Å². The summed E-state index contributed by atoms with van der Waals surface area (Å²) in [6, 6.07) is 9.00. The third-order valence-electron chi connectivity index (χ3n) is 6.69. The van der Waals surface area contributed by atoms with Gasteiger partial charge in [0.05, 0.1) is 23.2 Å². The lowest BCUT2D eigenvalue weighted by molar-refractivity contribution is -0.00522. The van der Waals surface area contributed by atoms with Crippen LogP contribution < -0.4 is 4.90 Å². The Bertz CT molecular complexity index is 743. The molecule has 1 saturated carbocycles. The van der Waals surface area contributed by atoms with Gasteiger partial charge < -0.3 is 9.64 Å². The minimum atomic E-state index is -2.91. The highest BCUT2D eigenvalue weighted by atomic mass is 32.2. The summed E-state index contributed by atoms with van der Waals surface area (Å²) >= 11 is 0. The molecule has 1 saturated heterocycles. The van der Waals surface area contributed by atoms with E-state index in [9.17, 15) is 8.42 Å². The van der Waals surface area contributed by atoms with E-state index in [2.05, 4.69) is 43.0 Å². The smallest absolute Gasteiger partial charge is 0.152 e. The van der Waals surface area contributed by atoms with Crippen LogP contribution >= 0.6 is 0 Å². The van der Waals surface area contributed by atoms with Crippen LogP contribution in [0, 0.1) is 11.8 Å². The fourth-order valence-electron chi connectivity index (χ4n) is 4.88. The number of ether oxygens (including phenoxy) is 1. The Morgan fingerprint density at radius 2 is 1.66 bits per heavy atom. The van der Waals surface area contributed by atoms with Crippen molar-refractivity contribution in [1.29, 1.82) is 0 Å². The number of hydrogen-bond donors (Lipinski definition) is 0. The molecule has 1 aliphatic carbocycles. The molecule has 1 aliphatic heterocycles. The first-order valence-electron chi connectivity index (χ1n) is 11.4. The summed E-state index contributed by atoms with van der Waals surface area (Å²) in [5.74, 6) is 1.49. The average Bonchev–Trinajstić information content (AvgIpc) is 2.66. The second kappa shape index (κ2) is 9.82. The Hall–Kier alpha value is -1.07. The number of rotatable bonds is 7. The van der Waals surface area contributed by atoms with Gasteiger partial charge in [0.15, 0.2) is 9.84 Å². The Balaban J connectivity index is 1.48. The zero-order valence-electron chi connectivity index (χ0n) is 18.6. The second-order valence-electron chi connectivity index (χ2n) is 9.64. The van der Waals surface area contributed by atoms with Crippen LogP contribution in [0.5, 0.6) is 0 Å². The third-order valence-corrected chi connectivity index (χ3v) is 9.06. The summed E-state index contributed by atoms with van der Waals surface area (Å²) in [4.78, 5) is 2.45. The average molecular weight is 422 g/mol. The Morgan fingerprint density at radius 1 is 1.03 bits per heavy atom. The van der Waals surface area contributed by atoms with Crippen molar-refractivity contribution < 1.29 is 13.2 Å². The second-order valence-corrected chi connectivity index (χ2v) is 12.2. The van der Waals surface area contributed by atoms with Crippen molar-refractivity contribution in [2.24, 2.45) is 11.8 Å². The highest BCUT2D eigenvalue weighted by Gasteiger charge is 2.27. The molecule has 29 heavy (non-hydrogen) atoms. The van der Waals surface area contributed by atoms with Gasteiger partial charge in [0.1, 0.15) is 0 Å². The molecule has 2 fully saturated rings. The van der Waals surface area contributed by atoms with E-state index in [1.165, 1.54) is 30.5 Å². The first-order chi connectivity index (χ1) is 13.7. The monoisotopic (exact) mass is 421 g/mol. The molecule has 2 atom stereocenters. The molecule has 0 unspecified atom stereocenters. The number of aryl methyl sites for hydroxylation is 1. The molecule has 4 nitrogen and oxygen atoms in total. The number of morpholine rings is 1. The zero-order valence-corrected chi connectivity index (χ0v) is 19.5. The van der Waals surface area contributed by atoms with Gasteiger partial charge in [-0.25, -0.2) is 8.42 Å². The van der Waals surface area contributed by atoms with Gasteiger partial charge in [-0.3, -0.25) is 0 Å². The first kappa shape index (κ1) is 22.6. The molecule has 0 N–H and O–H groups in total. The van der Waals surface area contributed by atoms with Crippen LogP contribution in [-0.4, -0.2) is 44.7 Å². The molecular formula is C24H39NO3S. The highest BCUT2D eigenvalue weighted by Crippen LogP contribution is 2.33. The van der Waals surface area contributed by atoms with E-state index in [-0.39, 0.29) is 17.5 Å². The molecule has 1 heterocycles. The standard InChI is InChI=1S/C24H39NO3S/c1-18(2)29(26,27)17-23-12-9-21(10-13-23)8-11-22-6-5-7-24(14-22)25-15-19(3)28-20(4)16-25/h5-7,14,18-21,23H,8-13,15-17H2,1-4H3/t19-,20+,21?,23?. The highest BCUT2D eigenvalue weighted by molar-refractivity contribution is 7.91. The number of sulfone groups is 1. The van der Waals surface area contributed by atoms with Gasteiger partial charge in [0.2, 0.25) is 0 Å². The van der Waals surface area contributed by atoms with Gasteiger partial charge in [-0.05, 0) is 82.9 Å². The first-order valence-corrected chi connectivity index (χ1v) is 13.2. The molecule has 0 radical (unpaired) electrons. The van der Waals surface area contributed by atoms with Crippen molar-refractivity contribution in [2.75, 3.05) is 23.7 Å². The van der Waals surface area contributed by atoms with E-state index < -0.39 is 9.84 Å². The molecule has 164 valence electrons. The number of hydrogen-bond acceptors (Lipinski definition) is 4. The van der Waals surface area contributed by atoms with Crippen molar-refractivity contribution in [3.05, 3.63) is 29.8 Å². The van der Waals surface area contributed by atoms with Gasteiger partial charge in [-0.15, -0.1) is 0 Å². The molecule has 3 rings (SSSR count). The lowest BCUT2D eigenvalue weighted by Gasteiger charge is -2.37. The fourth-order valence-corrected chi connectivity index (χ4v) is 6.25. The van der Waals surface area contributed by atoms with Gasteiger partial charge in [-0.2, -0.15) is 0 Å². The Morgan fingerprint density at radius 3 is 2.28 bits per heavy atom. The normalized spacial score (nSPS) is 28.7. The summed E-state index contributed by atoms with van der Waals surface area (Å²) in [5, 5.41) is -0.245. The van der Waals surface area contributed by atoms with Crippen molar-refractivity contribution in [3.8, 4) is 0 Å². The van der Waals surface area contributed by atoms with Gasteiger partial charge in [0, 0.05) is 18.8 Å². The van der Waals surface area contributed by atoms with Crippen LogP contribution in [-0.2, 0) is 21.0 Å². The van der Waals surface area contributed by atoms with E-state index in [1.807, 2.05) is 0 Å². The maximum atomic E-state index is 12.2. The lowest BCUT2D eigenvalue weighted by atomic mass is 9.80. The molecule has 0 amide bonds. The van der Waals surface area contributed by atoms with Gasteiger partial charge >= 0.3 is 0 Å². The topological polar surface area (TPSA) is 46.6 Å². The molecular weight excluding hydrogens is 382 g/mol. The molecule has 0 spiro atoms. The quantitative estimate of drug-likeness (QED) is 0.631. The maximum Gasteiger partial charge on any atom is 0.152 e. The van der Waals surface area contributed by atoms with Gasteiger partial charge in [-0.1, -0.05) is 25.0 Å². The van der Waals surface area contributed by atoms with Gasteiger partial charge in [0.25, 0.3) is 0 Å². The van der Waals surface area contributed by atoms with Crippen LogP contribution in [0.2, 0.25) is 0 Å². The number of anilines is 1. The van der Waals surface area contributed by atoms with E-state index in [4.69, 9.17) is 4.74 Å². The molecule has 0 bridgehead atoms. The summed E-state index contributed by atoms with van der Waals surface area (Å²) in [7, 11) is -2.91. The number of nitrogens with zero attached hydrogens (tertiary/aromatic N) is 1. The lowest BCUT2D eigenvalue weighted by Crippen LogP contribution is -2.45. The summed E-state index contributed by atoms with van der Waals surface area (Å²) in [5.41, 5.74) is 2.73. The summed E-state index contributed by atoms with van der Waals surface area (Å²) in [6.07, 6.45) is 7.37. The predicted octanol–water partition coefficient (Wildman–Crippen LogP) is 4.86. The molecule has 5 heteroatoms.